The molecule has 1 unspecified atom stereocenters. The van der Waals surface area contributed by atoms with Crippen molar-refractivity contribution in [1.82, 2.24) is 4.90 Å². The molecule has 1 aromatic carbocycles. The average molecular weight is 344 g/mol. The van der Waals surface area contributed by atoms with Crippen LogP contribution in [0.5, 0.6) is 0 Å². The van der Waals surface area contributed by atoms with Crippen LogP contribution in [0.25, 0.3) is 0 Å². The standard InChI is InChI=1S/C14H17FN2O5S/c1-23(21,22)16-12-5-4-10(15)7-11(12)13(18)17-6-2-3-9(8-17)14(19)20/h4-5,7,9,16H,2-3,6,8H2,1H3,(H,19,20). The summed E-state index contributed by atoms with van der Waals surface area (Å²) in [5.41, 5.74) is -0.169. The highest BCUT2D eigenvalue weighted by molar-refractivity contribution is 7.92. The minimum Gasteiger partial charge on any atom is -0.481 e. The molecule has 7 nitrogen and oxygen atoms in total. The lowest BCUT2D eigenvalue weighted by Gasteiger charge is -2.31. The van der Waals surface area contributed by atoms with Gasteiger partial charge in [-0.2, -0.15) is 0 Å². The predicted octanol–water partition coefficient (Wildman–Crippen LogP) is 1.13. The quantitative estimate of drug-likeness (QED) is 0.852. The van der Waals surface area contributed by atoms with Gasteiger partial charge in [0.05, 0.1) is 23.4 Å². The first-order valence-corrected chi connectivity index (χ1v) is 8.86. The summed E-state index contributed by atoms with van der Waals surface area (Å²) in [6.45, 7) is 0.362. The number of hydrogen-bond donors (Lipinski definition) is 2. The van der Waals surface area contributed by atoms with Gasteiger partial charge in [-0.15, -0.1) is 0 Å². The lowest BCUT2D eigenvalue weighted by Crippen LogP contribution is -2.42. The molecule has 23 heavy (non-hydrogen) atoms. The lowest BCUT2D eigenvalue weighted by molar-refractivity contribution is -0.143. The molecule has 126 valence electrons. The second kappa shape index (κ2) is 6.53. The third-order valence-corrected chi connectivity index (χ3v) is 4.16. The number of benzene rings is 1. The Balaban J connectivity index is 2.31. The summed E-state index contributed by atoms with van der Waals surface area (Å²) in [5, 5.41) is 9.07. The van der Waals surface area contributed by atoms with E-state index in [1.54, 1.807) is 0 Å². The normalized spacial score (nSPS) is 18.5. The number of anilines is 1. The molecule has 0 aromatic heterocycles. The molecule has 1 aromatic rings. The summed E-state index contributed by atoms with van der Waals surface area (Å²) < 4.78 is 38.4. The van der Waals surface area contributed by atoms with Crippen molar-refractivity contribution < 1.29 is 27.5 Å². The van der Waals surface area contributed by atoms with E-state index in [0.29, 0.717) is 19.4 Å². The molecular weight excluding hydrogens is 327 g/mol. The number of amides is 1. The number of nitrogens with one attached hydrogen (secondary N) is 1. The number of aliphatic carboxylic acids is 1. The van der Waals surface area contributed by atoms with Gasteiger partial charge >= 0.3 is 5.97 Å². The lowest BCUT2D eigenvalue weighted by atomic mass is 9.97. The van der Waals surface area contributed by atoms with Gasteiger partial charge in [-0.3, -0.25) is 14.3 Å². The molecule has 1 fully saturated rings. The molecule has 1 aliphatic heterocycles. The highest BCUT2D eigenvalue weighted by Gasteiger charge is 2.30. The number of halogens is 1. The van der Waals surface area contributed by atoms with Crippen LogP contribution in [0.2, 0.25) is 0 Å². The summed E-state index contributed by atoms with van der Waals surface area (Å²) >= 11 is 0. The van der Waals surface area contributed by atoms with Crippen molar-refractivity contribution >= 4 is 27.6 Å². The third kappa shape index (κ3) is 4.41. The van der Waals surface area contributed by atoms with Crippen molar-refractivity contribution in [1.29, 1.82) is 0 Å². The molecule has 1 amide bonds. The Morgan fingerprint density at radius 1 is 1.39 bits per heavy atom. The van der Waals surface area contributed by atoms with E-state index in [1.807, 2.05) is 0 Å². The zero-order valence-electron chi connectivity index (χ0n) is 12.5. The maximum Gasteiger partial charge on any atom is 0.308 e. The highest BCUT2D eigenvalue weighted by Crippen LogP contribution is 2.24. The average Bonchev–Trinajstić information content (AvgIpc) is 2.47. The predicted molar refractivity (Wildman–Crippen MR) is 81.1 cm³/mol. The van der Waals surface area contributed by atoms with Gasteiger partial charge in [-0.25, -0.2) is 12.8 Å². The third-order valence-electron chi connectivity index (χ3n) is 3.57. The van der Waals surface area contributed by atoms with E-state index in [0.717, 1.165) is 18.4 Å². The Morgan fingerprint density at radius 2 is 2.09 bits per heavy atom. The fourth-order valence-electron chi connectivity index (χ4n) is 2.52. The van der Waals surface area contributed by atoms with Gasteiger partial charge < -0.3 is 10.0 Å². The van der Waals surface area contributed by atoms with Crippen LogP contribution in [0.4, 0.5) is 10.1 Å². The fourth-order valence-corrected chi connectivity index (χ4v) is 3.09. The SMILES string of the molecule is CS(=O)(=O)Nc1ccc(F)cc1C(=O)N1CCCC(C(=O)O)C1. The van der Waals surface area contributed by atoms with Crippen LogP contribution >= 0.6 is 0 Å². The number of carbonyl (C=O) groups is 2. The van der Waals surface area contributed by atoms with Gasteiger partial charge in [0.2, 0.25) is 10.0 Å². The largest absolute Gasteiger partial charge is 0.481 e. The van der Waals surface area contributed by atoms with E-state index in [1.165, 1.54) is 11.0 Å². The van der Waals surface area contributed by atoms with Crippen molar-refractivity contribution in [2.45, 2.75) is 12.8 Å². The van der Waals surface area contributed by atoms with Gasteiger partial charge in [0.15, 0.2) is 0 Å². The monoisotopic (exact) mass is 344 g/mol. The minimum atomic E-state index is -3.64. The van der Waals surface area contributed by atoms with E-state index in [4.69, 9.17) is 5.11 Å². The first-order chi connectivity index (χ1) is 10.7. The van der Waals surface area contributed by atoms with Gasteiger partial charge in [0.1, 0.15) is 5.82 Å². The number of sulfonamides is 1. The Hall–Kier alpha value is -2.16. The first kappa shape index (κ1) is 17.2. The molecule has 1 heterocycles. The number of piperidine rings is 1. The molecular formula is C14H17FN2O5S. The summed E-state index contributed by atoms with van der Waals surface area (Å²) in [7, 11) is -3.64. The fraction of sp³-hybridized carbons (Fsp3) is 0.429. The minimum absolute atomic E-state index is 0.0169. The summed E-state index contributed by atoms with van der Waals surface area (Å²) in [6, 6.07) is 3.16. The van der Waals surface area contributed by atoms with Gasteiger partial charge in [-0.05, 0) is 31.0 Å². The van der Waals surface area contributed by atoms with Crippen LogP contribution in [-0.4, -0.2) is 49.6 Å². The second-order valence-electron chi connectivity index (χ2n) is 5.49. The number of carboxylic acid groups (broad SMARTS) is 1. The van der Waals surface area contributed by atoms with Crippen LogP contribution in [0.15, 0.2) is 18.2 Å². The molecule has 0 spiro atoms. The number of likely N-dealkylation sites (tertiary alicyclic amines) is 1. The maximum absolute atomic E-state index is 13.5. The van der Waals surface area contributed by atoms with Crippen molar-refractivity contribution in [2.24, 2.45) is 5.92 Å². The van der Waals surface area contributed by atoms with Crippen molar-refractivity contribution in [3.63, 3.8) is 0 Å². The van der Waals surface area contributed by atoms with E-state index < -0.39 is 33.6 Å². The van der Waals surface area contributed by atoms with Crippen LogP contribution in [-0.2, 0) is 14.8 Å². The molecule has 1 saturated heterocycles. The number of hydrogen-bond acceptors (Lipinski definition) is 4. The smallest absolute Gasteiger partial charge is 0.308 e. The summed E-state index contributed by atoms with van der Waals surface area (Å²) in [5.74, 6) is -2.94. The van der Waals surface area contributed by atoms with E-state index >= 15 is 0 Å². The molecule has 2 N–H and O–H groups in total. The first-order valence-electron chi connectivity index (χ1n) is 6.97. The summed E-state index contributed by atoms with van der Waals surface area (Å²) in [4.78, 5) is 24.9. The Kier molecular flexibility index (Phi) is 4.88. The van der Waals surface area contributed by atoms with Crippen molar-refractivity contribution in [3.8, 4) is 0 Å². The number of carbonyl (C=O) groups excluding carboxylic acids is 1. The van der Waals surface area contributed by atoms with Gasteiger partial charge in [0.25, 0.3) is 5.91 Å². The van der Waals surface area contributed by atoms with Crippen LogP contribution < -0.4 is 4.72 Å². The van der Waals surface area contributed by atoms with Gasteiger partial charge in [0, 0.05) is 13.1 Å². The van der Waals surface area contributed by atoms with Crippen LogP contribution in [0, 0.1) is 11.7 Å². The summed E-state index contributed by atoms with van der Waals surface area (Å²) in [6.07, 6.45) is 1.91. The number of carboxylic acids is 1. The van der Waals surface area contributed by atoms with Crippen LogP contribution in [0.1, 0.15) is 23.2 Å². The molecule has 0 saturated carbocycles. The molecule has 0 aliphatic carbocycles. The topological polar surface area (TPSA) is 104 Å². The Labute approximate surface area is 133 Å². The zero-order valence-corrected chi connectivity index (χ0v) is 13.3. The number of rotatable bonds is 4. The molecule has 1 atom stereocenters. The molecule has 9 heteroatoms. The van der Waals surface area contributed by atoms with E-state index in [2.05, 4.69) is 4.72 Å². The van der Waals surface area contributed by atoms with Crippen molar-refractivity contribution in [2.75, 3.05) is 24.1 Å². The highest BCUT2D eigenvalue weighted by atomic mass is 32.2. The van der Waals surface area contributed by atoms with Gasteiger partial charge in [-0.1, -0.05) is 0 Å². The van der Waals surface area contributed by atoms with Crippen molar-refractivity contribution in [3.05, 3.63) is 29.6 Å². The van der Waals surface area contributed by atoms with Crippen LogP contribution in [0.3, 0.4) is 0 Å². The van der Waals surface area contributed by atoms with E-state index in [-0.39, 0.29) is 17.8 Å². The molecule has 2 rings (SSSR count). The Morgan fingerprint density at radius 3 is 2.70 bits per heavy atom. The zero-order chi connectivity index (χ0) is 17.2. The van der Waals surface area contributed by atoms with E-state index in [9.17, 15) is 22.4 Å². The molecule has 0 radical (unpaired) electrons. The molecule has 0 bridgehead atoms. The molecule has 1 aliphatic rings. The Bertz CT molecular complexity index is 735. The number of nitrogens with zero attached hydrogens (tertiary/aromatic N) is 1. The second-order valence-corrected chi connectivity index (χ2v) is 7.24. The maximum atomic E-state index is 13.5.